The molecule has 3 aromatic carbocycles. The third-order valence-corrected chi connectivity index (χ3v) is 6.25. The fourth-order valence-electron chi connectivity index (χ4n) is 4.23. The van der Waals surface area contributed by atoms with Gasteiger partial charge in [-0.1, -0.05) is 12.1 Å². The van der Waals surface area contributed by atoms with Gasteiger partial charge in [-0.25, -0.2) is 4.79 Å². The van der Waals surface area contributed by atoms with Gasteiger partial charge in [-0.3, -0.25) is 25.2 Å². The molecule has 0 radical (unpaired) electrons. The van der Waals surface area contributed by atoms with Crippen molar-refractivity contribution in [1.82, 2.24) is 10.4 Å². The SMILES string of the molecule is COc1cc(C(Nc2ccc(C(=N)N)cc2)(OC(=O)C(F)(F)F)C(=O)NN2C(=O)c3ccccc3C2=O)ccc1OC(C)C. The molecule has 0 saturated carbocycles. The van der Waals surface area contributed by atoms with E-state index in [9.17, 15) is 32.3 Å². The molecule has 230 valence electrons. The molecule has 44 heavy (non-hydrogen) atoms. The lowest BCUT2D eigenvalue weighted by atomic mass is 9.99. The van der Waals surface area contributed by atoms with E-state index in [4.69, 9.17) is 25.4 Å². The average molecular weight is 614 g/mol. The fourth-order valence-corrected chi connectivity index (χ4v) is 4.23. The Balaban J connectivity index is 1.89. The number of hydrogen-bond donors (Lipinski definition) is 4. The number of anilines is 1. The summed E-state index contributed by atoms with van der Waals surface area (Å²) in [7, 11) is 1.24. The second-order valence-electron chi connectivity index (χ2n) is 9.65. The molecule has 1 atom stereocenters. The van der Waals surface area contributed by atoms with Crippen LogP contribution < -0.4 is 25.9 Å². The van der Waals surface area contributed by atoms with E-state index in [1.807, 2.05) is 5.43 Å². The number of carbonyl (C=O) groups excluding carboxylic acids is 4. The second-order valence-corrected chi connectivity index (χ2v) is 9.65. The van der Waals surface area contributed by atoms with Crippen molar-refractivity contribution < 1.29 is 46.6 Å². The van der Waals surface area contributed by atoms with Crippen LogP contribution in [0.1, 0.15) is 45.7 Å². The van der Waals surface area contributed by atoms with E-state index in [2.05, 4.69) is 5.32 Å². The number of fused-ring (bicyclic) bond motifs is 1. The van der Waals surface area contributed by atoms with Crippen LogP contribution in [-0.4, -0.2) is 53.9 Å². The number of amides is 3. The summed E-state index contributed by atoms with van der Waals surface area (Å²) < 4.78 is 56.9. The van der Waals surface area contributed by atoms with Gasteiger partial charge < -0.3 is 25.3 Å². The van der Waals surface area contributed by atoms with Crippen molar-refractivity contribution in [2.24, 2.45) is 5.73 Å². The molecule has 1 aliphatic heterocycles. The lowest BCUT2D eigenvalue weighted by Gasteiger charge is -2.35. The third kappa shape index (κ3) is 6.11. The summed E-state index contributed by atoms with van der Waals surface area (Å²) in [6, 6.07) is 14.3. The maximum absolute atomic E-state index is 14.1. The third-order valence-electron chi connectivity index (χ3n) is 6.25. The summed E-state index contributed by atoms with van der Waals surface area (Å²) in [6.07, 6.45) is -5.93. The van der Waals surface area contributed by atoms with Gasteiger partial charge in [0.15, 0.2) is 11.5 Å². The lowest BCUT2D eigenvalue weighted by molar-refractivity contribution is -0.213. The molecule has 3 aromatic rings. The fraction of sp³-hybridized carbons (Fsp3) is 0.207. The van der Waals surface area contributed by atoms with E-state index in [-0.39, 0.29) is 45.8 Å². The zero-order valence-electron chi connectivity index (χ0n) is 23.4. The van der Waals surface area contributed by atoms with Gasteiger partial charge in [0.2, 0.25) is 0 Å². The van der Waals surface area contributed by atoms with Crippen LogP contribution in [0.4, 0.5) is 18.9 Å². The first-order valence-electron chi connectivity index (χ1n) is 12.8. The number of ether oxygens (including phenoxy) is 3. The monoisotopic (exact) mass is 613 g/mol. The minimum atomic E-state index is -5.58. The number of alkyl halides is 3. The van der Waals surface area contributed by atoms with E-state index < -0.39 is 41.2 Å². The summed E-state index contributed by atoms with van der Waals surface area (Å²) in [5.41, 5.74) is 4.03. The highest BCUT2D eigenvalue weighted by atomic mass is 19.4. The lowest BCUT2D eigenvalue weighted by Crippen LogP contribution is -2.59. The number of nitrogen functional groups attached to an aromatic ring is 1. The number of amidine groups is 1. The number of nitrogens with two attached hydrogens (primary N) is 1. The van der Waals surface area contributed by atoms with Gasteiger partial charge in [-0.05, 0) is 68.4 Å². The number of carbonyl (C=O) groups is 4. The maximum Gasteiger partial charge on any atom is 0.491 e. The summed E-state index contributed by atoms with van der Waals surface area (Å²) in [4.78, 5) is 52.5. The van der Waals surface area contributed by atoms with Gasteiger partial charge in [0, 0.05) is 16.8 Å². The maximum atomic E-state index is 14.1. The highest BCUT2D eigenvalue weighted by Gasteiger charge is 2.53. The number of methoxy groups -OCH3 is 1. The number of nitrogens with one attached hydrogen (secondary N) is 3. The van der Waals surface area contributed by atoms with Crippen molar-refractivity contribution in [3.05, 3.63) is 89.0 Å². The van der Waals surface area contributed by atoms with Crippen molar-refractivity contribution in [2.45, 2.75) is 31.9 Å². The molecule has 0 bridgehead atoms. The summed E-state index contributed by atoms with van der Waals surface area (Å²) in [6.45, 7) is 3.43. The molecule has 0 fully saturated rings. The summed E-state index contributed by atoms with van der Waals surface area (Å²) in [5.74, 6) is -6.50. The van der Waals surface area contributed by atoms with Gasteiger partial charge >= 0.3 is 18.1 Å². The first-order chi connectivity index (χ1) is 20.7. The minimum absolute atomic E-state index is 0.0501. The van der Waals surface area contributed by atoms with E-state index in [1.54, 1.807) is 13.8 Å². The Kier molecular flexibility index (Phi) is 8.51. The standard InChI is InChI=1S/C29H26F3N5O7/c1-15(2)43-21-13-10-17(14-22(21)42-3)28(44-27(41)29(30,31)32,35-18-11-8-16(9-12-18)23(33)34)26(40)36-37-24(38)19-6-4-5-7-20(19)25(37)39/h4-15,35H,1-3H3,(H3,33,34)(H,36,40). The largest absolute Gasteiger partial charge is 0.493 e. The van der Waals surface area contributed by atoms with E-state index in [1.165, 1.54) is 61.7 Å². The molecule has 0 spiro atoms. The molecule has 3 amide bonds. The number of rotatable bonds is 10. The van der Waals surface area contributed by atoms with E-state index in [0.29, 0.717) is 5.01 Å². The predicted octanol–water partition coefficient (Wildman–Crippen LogP) is 3.46. The summed E-state index contributed by atoms with van der Waals surface area (Å²) in [5, 5.41) is 10.4. The minimum Gasteiger partial charge on any atom is -0.493 e. The van der Waals surface area contributed by atoms with Gasteiger partial charge in [-0.15, -0.1) is 0 Å². The predicted molar refractivity (Wildman–Crippen MR) is 149 cm³/mol. The molecule has 0 aliphatic carbocycles. The van der Waals surface area contributed by atoms with Gasteiger partial charge in [0.25, 0.3) is 17.5 Å². The van der Waals surface area contributed by atoms with Crippen LogP contribution in [0.3, 0.4) is 0 Å². The van der Waals surface area contributed by atoms with E-state index >= 15 is 0 Å². The topological polar surface area (TPSA) is 173 Å². The summed E-state index contributed by atoms with van der Waals surface area (Å²) >= 11 is 0. The molecule has 1 aliphatic rings. The molecule has 1 heterocycles. The smallest absolute Gasteiger partial charge is 0.491 e. The average Bonchev–Trinajstić information content (AvgIpc) is 3.21. The molecule has 4 rings (SSSR count). The Labute approximate surface area is 248 Å². The normalized spacial score (nSPS) is 14.0. The first-order valence-corrected chi connectivity index (χ1v) is 12.8. The number of hydrogen-bond acceptors (Lipinski definition) is 9. The van der Waals surface area contributed by atoms with Crippen molar-refractivity contribution in [3.63, 3.8) is 0 Å². The number of hydrazine groups is 1. The van der Waals surface area contributed by atoms with Gasteiger partial charge in [-0.2, -0.15) is 18.2 Å². The molecule has 15 heteroatoms. The van der Waals surface area contributed by atoms with Crippen molar-refractivity contribution in [3.8, 4) is 11.5 Å². The van der Waals surface area contributed by atoms with Crippen LogP contribution in [0, 0.1) is 5.41 Å². The molecule has 12 nitrogen and oxygen atoms in total. The number of imide groups is 1. The van der Waals surface area contributed by atoms with Crippen molar-refractivity contribution in [1.29, 1.82) is 5.41 Å². The number of halogens is 3. The number of esters is 1. The molecular formula is C29H26F3N5O7. The molecule has 5 N–H and O–H groups in total. The van der Waals surface area contributed by atoms with Crippen LogP contribution in [0.5, 0.6) is 11.5 Å². The van der Waals surface area contributed by atoms with Gasteiger partial charge in [0.05, 0.1) is 24.3 Å². The second kappa shape index (κ2) is 11.9. The highest BCUT2D eigenvalue weighted by molar-refractivity contribution is 6.22. The Morgan fingerprint density at radius 1 is 0.932 bits per heavy atom. The molecule has 1 unspecified atom stereocenters. The van der Waals surface area contributed by atoms with E-state index in [0.717, 1.165) is 12.1 Å². The Morgan fingerprint density at radius 2 is 1.52 bits per heavy atom. The van der Waals surface area contributed by atoms with Crippen molar-refractivity contribution in [2.75, 3.05) is 12.4 Å². The number of nitrogens with zero attached hydrogens (tertiary/aromatic N) is 1. The first kappa shape index (κ1) is 31.3. The molecular weight excluding hydrogens is 587 g/mol. The Hall–Kier alpha value is -5.60. The van der Waals surface area contributed by atoms with Crippen LogP contribution in [0.25, 0.3) is 0 Å². The highest BCUT2D eigenvalue weighted by Crippen LogP contribution is 2.38. The zero-order chi connectivity index (χ0) is 32.4. The molecule has 0 saturated heterocycles. The van der Waals surface area contributed by atoms with Crippen molar-refractivity contribution >= 4 is 35.2 Å². The van der Waals surface area contributed by atoms with Crippen LogP contribution in [-0.2, 0) is 20.1 Å². The molecule has 0 aromatic heterocycles. The van der Waals surface area contributed by atoms with Gasteiger partial charge in [0.1, 0.15) is 5.84 Å². The quantitative estimate of drug-likeness (QED) is 0.0878. The Bertz CT molecular complexity index is 1610. The van der Waals surface area contributed by atoms with Crippen LogP contribution in [0.2, 0.25) is 0 Å². The number of benzene rings is 3. The van der Waals surface area contributed by atoms with Crippen LogP contribution in [0.15, 0.2) is 66.7 Å². The zero-order valence-corrected chi connectivity index (χ0v) is 23.4. The van der Waals surface area contributed by atoms with Crippen LogP contribution >= 0.6 is 0 Å². The Morgan fingerprint density at radius 3 is 2.02 bits per heavy atom.